The van der Waals surface area contributed by atoms with E-state index in [0.29, 0.717) is 27.8 Å². The topological polar surface area (TPSA) is 120 Å². The zero-order valence-electron chi connectivity index (χ0n) is 16.1. The van der Waals surface area contributed by atoms with Gasteiger partial charge >= 0.3 is 5.97 Å². The van der Waals surface area contributed by atoms with Gasteiger partial charge in [0.25, 0.3) is 0 Å². The molecule has 0 saturated heterocycles. The third-order valence-electron chi connectivity index (χ3n) is 4.04. The van der Waals surface area contributed by atoms with E-state index in [9.17, 15) is 18.0 Å². The van der Waals surface area contributed by atoms with Crippen LogP contribution in [0.4, 0.5) is 5.69 Å². The lowest BCUT2D eigenvalue weighted by molar-refractivity contribution is -0.146. The first-order valence-corrected chi connectivity index (χ1v) is 10.7. The van der Waals surface area contributed by atoms with Crippen LogP contribution in [-0.4, -0.2) is 33.1 Å². The molecular formula is C19H19ClN2O7S. The monoisotopic (exact) mass is 454 g/mol. The van der Waals surface area contributed by atoms with Crippen molar-refractivity contribution in [1.29, 1.82) is 0 Å². The Bertz CT molecular complexity index is 1070. The molecule has 0 spiro atoms. The van der Waals surface area contributed by atoms with Crippen LogP contribution in [0.3, 0.4) is 0 Å². The predicted octanol–water partition coefficient (Wildman–Crippen LogP) is 2.44. The Morgan fingerprint density at radius 3 is 2.57 bits per heavy atom. The molecule has 2 aromatic rings. The van der Waals surface area contributed by atoms with Gasteiger partial charge in [-0.05, 0) is 48.9 Å². The fourth-order valence-electron chi connectivity index (χ4n) is 2.65. The number of ether oxygens (including phenoxy) is 3. The van der Waals surface area contributed by atoms with E-state index in [-0.39, 0.29) is 24.2 Å². The van der Waals surface area contributed by atoms with Crippen LogP contribution in [0.25, 0.3) is 0 Å². The van der Waals surface area contributed by atoms with Crippen molar-refractivity contribution < 1.29 is 32.2 Å². The van der Waals surface area contributed by atoms with Gasteiger partial charge < -0.3 is 19.5 Å². The molecule has 30 heavy (non-hydrogen) atoms. The van der Waals surface area contributed by atoms with Crippen LogP contribution in [0.5, 0.6) is 11.5 Å². The maximum absolute atomic E-state index is 12.5. The van der Waals surface area contributed by atoms with E-state index in [1.807, 2.05) is 0 Å². The van der Waals surface area contributed by atoms with Gasteiger partial charge in [0.1, 0.15) is 12.6 Å². The minimum Gasteiger partial charge on any atom is -0.460 e. The number of rotatable bonds is 7. The van der Waals surface area contributed by atoms with E-state index >= 15 is 0 Å². The van der Waals surface area contributed by atoms with E-state index < -0.39 is 22.0 Å². The van der Waals surface area contributed by atoms with Gasteiger partial charge in [0.05, 0.1) is 9.92 Å². The summed E-state index contributed by atoms with van der Waals surface area (Å²) in [7, 11) is -3.97. The number of sulfonamides is 1. The van der Waals surface area contributed by atoms with Gasteiger partial charge in [-0.15, -0.1) is 0 Å². The molecule has 2 aromatic carbocycles. The molecule has 1 aliphatic rings. The molecule has 3 rings (SSSR count). The molecule has 0 aliphatic carbocycles. The molecule has 1 atom stereocenters. The number of hydrogen-bond acceptors (Lipinski definition) is 7. The van der Waals surface area contributed by atoms with Gasteiger partial charge in [-0.25, -0.2) is 8.42 Å². The van der Waals surface area contributed by atoms with E-state index in [1.54, 1.807) is 12.1 Å². The highest BCUT2D eigenvalue weighted by Gasteiger charge is 2.24. The number of anilines is 1. The summed E-state index contributed by atoms with van der Waals surface area (Å²) in [5.74, 6) is -0.159. The van der Waals surface area contributed by atoms with E-state index in [0.717, 1.165) is 0 Å². The number of esters is 1. The lowest BCUT2D eigenvalue weighted by Crippen LogP contribution is -2.39. The SMILES string of the molecule is CC(=O)Nc1ccc(S(=O)(=O)N[C@@H](C)C(=O)OCc2cc(Cl)c3c(c2)OCO3)cc1. The molecule has 160 valence electrons. The molecule has 2 N–H and O–H groups in total. The largest absolute Gasteiger partial charge is 0.460 e. The number of benzene rings is 2. The molecule has 9 nitrogen and oxygen atoms in total. The Hall–Kier alpha value is -2.82. The highest BCUT2D eigenvalue weighted by molar-refractivity contribution is 7.89. The van der Waals surface area contributed by atoms with Crippen LogP contribution in [0.2, 0.25) is 5.02 Å². The van der Waals surface area contributed by atoms with Crippen molar-refractivity contribution >= 4 is 39.2 Å². The first-order valence-electron chi connectivity index (χ1n) is 8.80. The lowest BCUT2D eigenvalue weighted by Gasteiger charge is -2.14. The summed E-state index contributed by atoms with van der Waals surface area (Å²) in [6.07, 6.45) is 0. The number of fused-ring (bicyclic) bond motifs is 1. The maximum atomic E-state index is 12.5. The van der Waals surface area contributed by atoms with Crippen molar-refractivity contribution in [2.24, 2.45) is 0 Å². The Labute approximate surface area is 178 Å². The number of nitrogens with one attached hydrogen (secondary N) is 2. The van der Waals surface area contributed by atoms with Crippen LogP contribution < -0.4 is 19.5 Å². The number of hydrogen-bond donors (Lipinski definition) is 2. The third-order valence-corrected chi connectivity index (χ3v) is 5.88. The van der Waals surface area contributed by atoms with Gasteiger partial charge in [-0.3, -0.25) is 9.59 Å². The van der Waals surface area contributed by atoms with Gasteiger partial charge in [-0.2, -0.15) is 4.72 Å². The predicted molar refractivity (Wildman–Crippen MR) is 108 cm³/mol. The minimum absolute atomic E-state index is 0.0567. The van der Waals surface area contributed by atoms with Gasteiger partial charge in [0, 0.05) is 12.6 Å². The van der Waals surface area contributed by atoms with Crippen LogP contribution >= 0.6 is 11.6 Å². The second-order valence-electron chi connectivity index (χ2n) is 6.47. The molecule has 0 saturated carbocycles. The van der Waals surface area contributed by atoms with Crippen molar-refractivity contribution in [2.45, 2.75) is 31.4 Å². The number of halogens is 1. The summed E-state index contributed by atoms with van der Waals surface area (Å²) in [6.45, 7) is 2.66. The molecule has 0 fully saturated rings. The molecule has 11 heteroatoms. The van der Waals surface area contributed by atoms with E-state index in [1.165, 1.54) is 38.1 Å². The quantitative estimate of drug-likeness (QED) is 0.616. The van der Waals surface area contributed by atoms with Crippen LogP contribution in [-0.2, 0) is 31.0 Å². The summed E-state index contributed by atoms with van der Waals surface area (Å²) in [5.41, 5.74) is 1.03. The summed E-state index contributed by atoms with van der Waals surface area (Å²) in [5, 5.41) is 2.87. The number of carbonyl (C=O) groups is 2. The van der Waals surface area contributed by atoms with Gasteiger partial charge in [0.2, 0.25) is 22.7 Å². The van der Waals surface area contributed by atoms with Gasteiger partial charge in [-0.1, -0.05) is 11.6 Å². The van der Waals surface area contributed by atoms with Crippen molar-refractivity contribution in [1.82, 2.24) is 4.72 Å². The fraction of sp³-hybridized carbons (Fsp3) is 0.263. The maximum Gasteiger partial charge on any atom is 0.324 e. The molecule has 0 aromatic heterocycles. The zero-order valence-corrected chi connectivity index (χ0v) is 17.7. The minimum atomic E-state index is -3.97. The van der Waals surface area contributed by atoms with Crippen molar-refractivity contribution in [3.8, 4) is 11.5 Å². The molecule has 0 radical (unpaired) electrons. The Kier molecular flexibility index (Phi) is 6.49. The Balaban J connectivity index is 1.59. The van der Waals surface area contributed by atoms with Crippen LogP contribution in [0.1, 0.15) is 19.4 Å². The fourth-order valence-corrected chi connectivity index (χ4v) is 4.13. The summed E-state index contributed by atoms with van der Waals surface area (Å²) in [6, 6.07) is 7.61. The normalized spacial score (nSPS) is 13.6. The summed E-state index contributed by atoms with van der Waals surface area (Å²) in [4.78, 5) is 23.2. The molecule has 1 heterocycles. The second kappa shape index (κ2) is 8.90. The smallest absolute Gasteiger partial charge is 0.324 e. The summed E-state index contributed by atoms with van der Waals surface area (Å²) >= 11 is 6.09. The van der Waals surface area contributed by atoms with Crippen LogP contribution in [0.15, 0.2) is 41.3 Å². The molecule has 1 amide bonds. The standard InChI is InChI=1S/C19H19ClN2O7S/c1-11(22-30(25,26)15-5-3-14(4-6-15)21-12(2)23)19(24)27-9-13-7-16(20)18-17(8-13)28-10-29-18/h3-8,11,22H,9-10H2,1-2H3,(H,21,23)/t11-/m0/s1. The first kappa shape index (κ1) is 21.9. The van der Waals surface area contributed by atoms with Crippen molar-refractivity contribution in [3.63, 3.8) is 0 Å². The van der Waals surface area contributed by atoms with Crippen molar-refractivity contribution in [2.75, 3.05) is 12.1 Å². The third kappa shape index (κ3) is 5.21. The Morgan fingerprint density at radius 1 is 1.20 bits per heavy atom. The van der Waals surface area contributed by atoms with Crippen LogP contribution in [0, 0.1) is 0 Å². The lowest BCUT2D eigenvalue weighted by atomic mass is 10.2. The van der Waals surface area contributed by atoms with E-state index in [4.69, 9.17) is 25.8 Å². The first-order chi connectivity index (χ1) is 14.2. The summed E-state index contributed by atoms with van der Waals surface area (Å²) < 4.78 is 42.9. The van der Waals surface area contributed by atoms with E-state index in [2.05, 4.69) is 10.0 Å². The highest BCUT2D eigenvalue weighted by Crippen LogP contribution is 2.39. The average Bonchev–Trinajstić information content (AvgIpc) is 3.15. The molecule has 1 aliphatic heterocycles. The second-order valence-corrected chi connectivity index (χ2v) is 8.59. The zero-order chi connectivity index (χ0) is 21.9. The van der Waals surface area contributed by atoms with Gasteiger partial charge in [0.15, 0.2) is 11.5 Å². The van der Waals surface area contributed by atoms with Crippen molar-refractivity contribution in [3.05, 3.63) is 47.0 Å². The molecular weight excluding hydrogens is 436 g/mol. The average molecular weight is 455 g/mol. The number of amides is 1. The highest BCUT2D eigenvalue weighted by atomic mass is 35.5. The number of carbonyl (C=O) groups excluding carboxylic acids is 2. The Morgan fingerprint density at radius 2 is 1.90 bits per heavy atom. The molecule has 0 unspecified atom stereocenters. The molecule has 0 bridgehead atoms.